The van der Waals surface area contributed by atoms with Crippen LogP contribution in [0.15, 0.2) is 11.1 Å². The third-order valence-electron chi connectivity index (χ3n) is 3.89. The molecule has 6 N–H and O–H groups in total. The Morgan fingerprint density at radius 1 is 1.38 bits per heavy atom. The zero-order valence-corrected chi connectivity index (χ0v) is 17.4. The summed E-state index contributed by atoms with van der Waals surface area (Å²) in [6.45, 7) is -0.388. The van der Waals surface area contributed by atoms with Crippen LogP contribution in [0.25, 0.3) is 11.2 Å². The maximum absolute atomic E-state index is 11.9. The number of nitrogens with zero attached hydrogens (tertiary/aromatic N) is 3. The summed E-state index contributed by atoms with van der Waals surface area (Å²) in [5, 5.41) is 0. The summed E-state index contributed by atoms with van der Waals surface area (Å²) in [4.78, 5) is 49.7. The lowest BCUT2D eigenvalue weighted by Crippen LogP contribution is -2.17. The number of rotatable bonds is 8. The molecule has 5 atom stereocenters. The topological polar surface area (TPSA) is 229 Å². The van der Waals surface area contributed by atoms with Crippen molar-refractivity contribution in [2.24, 2.45) is 0 Å². The highest BCUT2D eigenvalue weighted by Crippen LogP contribution is 2.61. The molecule has 0 aromatic carbocycles. The largest absolute Gasteiger partial charge is 0.369 e. The summed E-state index contributed by atoms with van der Waals surface area (Å²) in [6, 6.07) is 0. The number of aromatic nitrogens is 4. The highest BCUT2D eigenvalue weighted by Gasteiger charge is 2.37. The Morgan fingerprint density at radius 3 is 2.79 bits per heavy atom. The molecule has 0 bridgehead atoms. The van der Waals surface area contributed by atoms with Crippen molar-refractivity contribution >= 4 is 40.6 Å². The Morgan fingerprint density at radius 2 is 2.10 bits per heavy atom. The highest BCUT2D eigenvalue weighted by molar-refractivity contribution is 7.72. The maximum atomic E-state index is 11.9. The van der Waals surface area contributed by atoms with Crippen LogP contribution in [0, 0.1) is 0 Å². The first kappa shape index (κ1) is 22.3. The number of nitrogens with one attached hydrogen (secondary N) is 1. The van der Waals surface area contributed by atoms with Gasteiger partial charge in [0.05, 0.1) is 19.0 Å². The van der Waals surface area contributed by atoms with Crippen LogP contribution in [0.2, 0.25) is 0 Å². The number of anilines is 1. The molecule has 1 fully saturated rings. The van der Waals surface area contributed by atoms with Gasteiger partial charge in [-0.3, -0.25) is 28.0 Å². The summed E-state index contributed by atoms with van der Waals surface area (Å²) in [7, 11) is -13.2. The van der Waals surface area contributed by atoms with Gasteiger partial charge in [-0.2, -0.15) is 4.98 Å². The van der Waals surface area contributed by atoms with Gasteiger partial charge in [0, 0.05) is 0 Å². The molecule has 0 saturated carbocycles. The second kappa shape index (κ2) is 8.38. The Bertz CT molecular complexity index is 1080. The zero-order chi connectivity index (χ0) is 21.4. The zero-order valence-electron chi connectivity index (χ0n) is 14.6. The monoisotopic (exact) mass is 473 g/mol. The van der Waals surface area contributed by atoms with E-state index in [-0.39, 0.29) is 23.7 Å². The van der Waals surface area contributed by atoms with Crippen molar-refractivity contribution in [2.45, 2.75) is 25.2 Å². The number of nitrogen functional groups attached to an aromatic ring is 1. The lowest BCUT2D eigenvalue weighted by Gasteiger charge is -2.18. The summed E-state index contributed by atoms with van der Waals surface area (Å²) in [5.74, 6) is -1.44. The molecule has 15 nitrogen and oxygen atoms in total. The summed E-state index contributed by atoms with van der Waals surface area (Å²) in [5.41, 5.74) is 5.32. The lowest BCUT2D eigenvalue weighted by atomic mass is 10.2. The summed E-state index contributed by atoms with van der Waals surface area (Å²) < 4.78 is 49.9. The Labute approximate surface area is 162 Å². The van der Waals surface area contributed by atoms with Crippen molar-refractivity contribution in [1.29, 1.82) is 0 Å². The molecule has 1 aliphatic heterocycles. The number of nitrogens with two attached hydrogens (primary N) is 1. The number of ether oxygens (including phenoxy) is 1. The van der Waals surface area contributed by atoms with Crippen LogP contribution in [0.1, 0.15) is 19.1 Å². The van der Waals surface area contributed by atoms with Crippen LogP contribution in [0.5, 0.6) is 0 Å². The van der Waals surface area contributed by atoms with Crippen LogP contribution in [-0.4, -0.2) is 52.8 Å². The van der Waals surface area contributed by atoms with Crippen molar-refractivity contribution in [3.8, 4) is 0 Å². The number of imidazole rings is 1. The number of hydrogen-bond donors (Lipinski definition) is 5. The Balaban J connectivity index is 1.62. The van der Waals surface area contributed by atoms with Crippen LogP contribution in [-0.2, 0) is 27.3 Å². The molecule has 1 saturated heterocycles. The molecule has 0 spiro atoms. The minimum Gasteiger partial charge on any atom is -0.369 e. The van der Waals surface area contributed by atoms with E-state index in [1.807, 2.05) is 0 Å². The Kier molecular flexibility index (Phi) is 6.44. The predicted molar refractivity (Wildman–Crippen MR) is 98.5 cm³/mol. The normalized spacial score (nSPS) is 24.9. The van der Waals surface area contributed by atoms with Gasteiger partial charge in [0.2, 0.25) is 5.95 Å². The third kappa shape index (κ3) is 5.60. The summed E-state index contributed by atoms with van der Waals surface area (Å²) >= 11 is 0. The van der Waals surface area contributed by atoms with Crippen molar-refractivity contribution in [1.82, 2.24) is 19.5 Å². The van der Waals surface area contributed by atoms with E-state index in [9.17, 15) is 28.3 Å². The number of hydrogen-bond acceptors (Lipinski definition) is 10. The number of aromatic amines is 1. The van der Waals surface area contributed by atoms with Gasteiger partial charge in [0.25, 0.3) is 5.56 Å². The van der Waals surface area contributed by atoms with E-state index in [2.05, 4.69) is 19.3 Å². The van der Waals surface area contributed by atoms with Gasteiger partial charge >= 0.3 is 23.4 Å². The maximum Gasteiger partial charge on any atom is 0.347 e. The molecule has 0 amide bonds. The van der Waals surface area contributed by atoms with E-state index in [4.69, 9.17) is 19.9 Å². The van der Waals surface area contributed by atoms with Gasteiger partial charge in [-0.15, -0.1) is 0 Å². The van der Waals surface area contributed by atoms with Crippen LogP contribution in [0.4, 0.5) is 5.95 Å². The van der Waals surface area contributed by atoms with Crippen LogP contribution in [0.3, 0.4) is 0 Å². The van der Waals surface area contributed by atoms with Gasteiger partial charge < -0.3 is 29.7 Å². The SMILES string of the molecule is Nc1nc2c(ncn2[C@H]2CC[C@@H](COP(=O)(O)CP(=O)(O)O[PH](=O)O)O2)c(=O)[nH]1. The second-order valence-corrected chi connectivity index (χ2v) is 11.3. The smallest absolute Gasteiger partial charge is 0.347 e. The first-order chi connectivity index (χ1) is 13.5. The molecule has 3 rings (SSSR count). The first-order valence-corrected chi connectivity index (χ1v) is 12.8. The average molecular weight is 473 g/mol. The standard InChI is InChI=1S/C11H18N5O10P3/c12-11-14-9-8(10(17)15-11)13-4-16(9)7-2-1-6(25-7)3-24-28(20,21)5-29(22,23)26-27(18)19/h4,6-7,27H,1-3,5H2,(H,18,19)(H,20,21)(H,22,23)(H3,12,14,15,17)/t6-,7+/m0/s1. The summed E-state index contributed by atoms with van der Waals surface area (Å²) in [6.07, 6.45) is 0.965. The molecule has 2 aromatic rings. The average Bonchev–Trinajstić information content (AvgIpc) is 3.16. The first-order valence-electron chi connectivity index (χ1n) is 8.04. The van der Waals surface area contributed by atoms with Crippen molar-refractivity contribution < 1.29 is 41.9 Å². The fraction of sp³-hybridized carbons (Fsp3) is 0.545. The minimum atomic E-state index is -4.78. The highest BCUT2D eigenvalue weighted by atomic mass is 31.3. The molecule has 3 heterocycles. The predicted octanol–water partition coefficient (Wildman–Crippen LogP) is 0.123. The molecular formula is C11H18N5O10P3. The van der Waals surface area contributed by atoms with E-state index in [1.54, 1.807) is 0 Å². The fourth-order valence-corrected chi connectivity index (χ4v) is 7.04. The van der Waals surface area contributed by atoms with E-state index >= 15 is 0 Å². The second-order valence-electron chi connectivity index (χ2n) is 6.13. The number of fused-ring (bicyclic) bond motifs is 1. The van der Waals surface area contributed by atoms with Gasteiger partial charge in [-0.25, -0.2) is 9.29 Å². The molecular weight excluding hydrogens is 455 g/mol. The molecule has 2 aromatic heterocycles. The third-order valence-corrected chi connectivity index (χ3v) is 9.06. The Hall–Kier alpha value is -1.40. The fourth-order valence-electron chi connectivity index (χ4n) is 2.78. The van der Waals surface area contributed by atoms with Gasteiger partial charge in [-0.1, -0.05) is 0 Å². The molecule has 162 valence electrons. The van der Waals surface area contributed by atoms with E-state index in [0.29, 0.717) is 12.8 Å². The molecule has 18 heteroatoms. The van der Waals surface area contributed by atoms with Gasteiger partial charge in [0.1, 0.15) is 6.23 Å². The van der Waals surface area contributed by atoms with E-state index < -0.39 is 47.2 Å². The molecule has 1 aliphatic rings. The molecule has 3 unspecified atom stereocenters. The van der Waals surface area contributed by atoms with Gasteiger partial charge in [0.15, 0.2) is 17.1 Å². The van der Waals surface area contributed by atoms with Crippen molar-refractivity contribution in [3.63, 3.8) is 0 Å². The van der Waals surface area contributed by atoms with Crippen LogP contribution >= 0.6 is 23.4 Å². The lowest BCUT2D eigenvalue weighted by molar-refractivity contribution is -0.0173. The minimum absolute atomic E-state index is 0.0734. The van der Waals surface area contributed by atoms with Crippen molar-refractivity contribution in [3.05, 3.63) is 16.7 Å². The molecule has 29 heavy (non-hydrogen) atoms. The molecule has 0 radical (unpaired) electrons. The molecule has 0 aliphatic carbocycles. The van der Waals surface area contributed by atoms with Gasteiger partial charge in [-0.05, 0) is 12.8 Å². The van der Waals surface area contributed by atoms with Crippen molar-refractivity contribution in [2.75, 3.05) is 18.2 Å². The quantitative estimate of drug-likeness (QED) is 0.321. The van der Waals surface area contributed by atoms with E-state index in [0.717, 1.165) is 0 Å². The van der Waals surface area contributed by atoms with Crippen LogP contribution < -0.4 is 11.3 Å². The number of H-pyrrole nitrogens is 1. The van der Waals surface area contributed by atoms with E-state index in [1.165, 1.54) is 10.9 Å².